The molecule has 35 heavy (non-hydrogen) atoms. The molecule has 5 aromatic rings. The van der Waals surface area contributed by atoms with Crippen molar-refractivity contribution in [3.8, 4) is 0 Å². The van der Waals surface area contributed by atoms with Gasteiger partial charge in [0.05, 0.1) is 46.5 Å². The number of nitrogens with one attached hydrogen (secondary N) is 1. The van der Waals surface area contributed by atoms with Gasteiger partial charge in [-0.2, -0.15) is 0 Å². The van der Waals surface area contributed by atoms with Gasteiger partial charge in [0.1, 0.15) is 5.69 Å². The summed E-state index contributed by atoms with van der Waals surface area (Å²) >= 11 is 12.2. The van der Waals surface area contributed by atoms with Gasteiger partial charge in [0.25, 0.3) is 0 Å². The van der Waals surface area contributed by atoms with Crippen LogP contribution in [0.4, 0.5) is 0 Å². The molecule has 7 nitrogen and oxygen atoms in total. The van der Waals surface area contributed by atoms with Gasteiger partial charge in [-0.05, 0) is 41.8 Å². The number of imidazole rings is 1. The number of nitrogens with zero attached hydrogens (tertiary/aromatic N) is 5. The molecule has 0 bridgehead atoms. The van der Waals surface area contributed by atoms with Crippen LogP contribution in [-0.4, -0.2) is 29.2 Å². The first-order chi connectivity index (χ1) is 17.0. The topological polar surface area (TPSA) is 84.7 Å². The van der Waals surface area contributed by atoms with Crippen LogP contribution in [0.5, 0.6) is 0 Å². The van der Waals surface area contributed by atoms with E-state index < -0.39 is 6.10 Å². The second-order valence-electron chi connectivity index (χ2n) is 8.41. The maximum Gasteiger partial charge on any atom is 0.203 e. The summed E-state index contributed by atoms with van der Waals surface area (Å²) in [5.74, 6) is 0. The minimum absolute atomic E-state index is 0.202. The van der Waals surface area contributed by atoms with Crippen molar-refractivity contribution in [1.29, 1.82) is 5.41 Å². The lowest BCUT2D eigenvalue weighted by Gasteiger charge is -2.13. The highest BCUT2D eigenvalue weighted by Crippen LogP contribution is 2.27. The molecule has 178 valence electrons. The molecular weight excluding hydrogens is 483 g/mol. The van der Waals surface area contributed by atoms with Crippen molar-refractivity contribution in [2.24, 2.45) is 0 Å². The molecule has 0 aliphatic rings. The maximum absolute atomic E-state index is 10.9. The first-order valence-corrected chi connectivity index (χ1v) is 12.0. The van der Waals surface area contributed by atoms with E-state index in [1.54, 1.807) is 22.8 Å². The molecule has 0 radical (unpaired) electrons. The third kappa shape index (κ3) is 5.03. The lowest BCUT2D eigenvalue weighted by atomic mass is 10.1. The minimum atomic E-state index is -0.850. The molecule has 0 aliphatic carbocycles. The molecule has 0 saturated carbocycles. The van der Waals surface area contributed by atoms with Gasteiger partial charge in [-0.1, -0.05) is 76.9 Å². The van der Waals surface area contributed by atoms with Gasteiger partial charge in [0, 0.05) is 6.54 Å². The molecule has 5 rings (SSSR count). The van der Waals surface area contributed by atoms with Crippen molar-refractivity contribution in [1.82, 2.24) is 24.1 Å². The maximum atomic E-state index is 10.9. The molecule has 1 unspecified atom stereocenters. The highest BCUT2D eigenvalue weighted by Gasteiger charge is 2.17. The molecule has 2 heterocycles. The smallest absolute Gasteiger partial charge is 0.203 e. The lowest BCUT2D eigenvalue weighted by Crippen LogP contribution is -2.27. The van der Waals surface area contributed by atoms with Gasteiger partial charge in [-0.3, -0.25) is 10.1 Å². The predicted molar refractivity (Wildman–Crippen MR) is 136 cm³/mol. The number of rotatable bonds is 8. The van der Waals surface area contributed by atoms with Gasteiger partial charge in [-0.25, -0.2) is 0 Å². The number of aliphatic hydroxyl groups is 1. The third-order valence-electron chi connectivity index (χ3n) is 6.04. The van der Waals surface area contributed by atoms with Crippen LogP contribution >= 0.6 is 23.2 Å². The zero-order valence-electron chi connectivity index (χ0n) is 18.9. The Kier molecular flexibility index (Phi) is 6.72. The van der Waals surface area contributed by atoms with E-state index in [0.29, 0.717) is 22.2 Å². The van der Waals surface area contributed by atoms with Gasteiger partial charge in [-0.15, -0.1) is 5.10 Å². The molecule has 2 N–H and O–H groups in total. The highest BCUT2D eigenvalue weighted by atomic mass is 35.5. The summed E-state index contributed by atoms with van der Waals surface area (Å²) in [6, 6.07) is 23.1. The van der Waals surface area contributed by atoms with Crippen molar-refractivity contribution in [2.75, 3.05) is 0 Å². The highest BCUT2D eigenvalue weighted by molar-refractivity contribution is 6.42. The average molecular weight is 507 g/mol. The van der Waals surface area contributed by atoms with Crippen molar-refractivity contribution in [3.63, 3.8) is 0 Å². The Balaban J connectivity index is 1.39. The first-order valence-electron chi connectivity index (χ1n) is 11.3. The molecule has 0 saturated heterocycles. The molecule has 2 aromatic heterocycles. The second kappa shape index (κ2) is 10.1. The van der Waals surface area contributed by atoms with E-state index in [-0.39, 0.29) is 12.2 Å². The number of aryl methyl sites for hydroxylation is 2. The number of aromatic nitrogens is 5. The van der Waals surface area contributed by atoms with Crippen LogP contribution < -0.4 is 5.62 Å². The van der Waals surface area contributed by atoms with Crippen LogP contribution in [0.15, 0.2) is 79.0 Å². The Morgan fingerprint density at radius 2 is 1.60 bits per heavy atom. The first kappa shape index (κ1) is 23.4. The Labute approximate surface area is 212 Å². The van der Waals surface area contributed by atoms with Gasteiger partial charge >= 0.3 is 0 Å². The number of hydrogen-bond donors (Lipinski definition) is 2. The fourth-order valence-corrected chi connectivity index (χ4v) is 4.51. The van der Waals surface area contributed by atoms with E-state index in [9.17, 15) is 5.11 Å². The monoisotopic (exact) mass is 506 g/mol. The molecule has 3 aromatic carbocycles. The van der Waals surface area contributed by atoms with E-state index in [4.69, 9.17) is 28.6 Å². The largest absolute Gasteiger partial charge is 0.387 e. The second-order valence-corrected chi connectivity index (χ2v) is 9.22. The third-order valence-corrected chi connectivity index (χ3v) is 6.78. The number of halogens is 2. The van der Waals surface area contributed by atoms with E-state index >= 15 is 0 Å². The van der Waals surface area contributed by atoms with Crippen molar-refractivity contribution in [2.45, 2.75) is 32.2 Å². The van der Waals surface area contributed by atoms with Crippen LogP contribution in [0.1, 0.15) is 22.9 Å². The van der Waals surface area contributed by atoms with Crippen LogP contribution in [0.3, 0.4) is 0 Å². The standard InChI is InChI=1S/C26H24Cl2N6O/c27-21-11-10-19(14-22(21)28)25(35)17-34-24-9-5-4-8-23(24)33(26(34)29)16-20-15-32(31-30-20)13-12-18-6-2-1-3-7-18/h1-11,14-15,25,29,35H,12-13,16-17H2. The van der Waals surface area contributed by atoms with Crippen molar-refractivity contribution in [3.05, 3.63) is 111 Å². The predicted octanol–water partition coefficient (Wildman–Crippen LogP) is 4.85. The lowest BCUT2D eigenvalue weighted by molar-refractivity contribution is 0.155. The summed E-state index contributed by atoms with van der Waals surface area (Å²) in [6.45, 7) is 1.33. The molecule has 0 aliphatic heterocycles. The number of fused-ring (bicyclic) bond motifs is 1. The van der Waals surface area contributed by atoms with Gasteiger partial charge < -0.3 is 14.2 Å². The van der Waals surface area contributed by atoms with Crippen LogP contribution in [0, 0.1) is 5.41 Å². The summed E-state index contributed by atoms with van der Waals surface area (Å²) in [6.07, 6.45) is 1.94. The van der Waals surface area contributed by atoms with E-state index in [1.807, 2.05) is 57.9 Å². The zero-order valence-corrected chi connectivity index (χ0v) is 20.4. The Bertz CT molecular complexity index is 1520. The molecule has 0 amide bonds. The number of hydrogen-bond acceptors (Lipinski definition) is 4. The Hall–Kier alpha value is -3.39. The Morgan fingerprint density at radius 1 is 0.886 bits per heavy atom. The van der Waals surface area contributed by atoms with Crippen LogP contribution in [-0.2, 0) is 26.1 Å². The minimum Gasteiger partial charge on any atom is -0.387 e. The molecule has 1 atom stereocenters. The van der Waals surface area contributed by atoms with Gasteiger partial charge in [0.15, 0.2) is 0 Å². The summed E-state index contributed by atoms with van der Waals surface area (Å²) in [4.78, 5) is 0. The number of aliphatic hydroxyl groups excluding tert-OH is 1. The zero-order chi connectivity index (χ0) is 24.4. The fraction of sp³-hybridized carbons (Fsp3) is 0.192. The van der Waals surface area contributed by atoms with Crippen molar-refractivity contribution < 1.29 is 5.11 Å². The van der Waals surface area contributed by atoms with Crippen molar-refractivity contribution >= 4 is 34.2 Å². The molecular formula is C26H24Cl2N6O. The molecule has 0 spiro atoms. The van der Waals surface area contributed by atoms with Crippen LogP contribution in [0.25, 0.3) is 11.0 Å². The summed E-state index contributed by atoms with van der Waals surface area (Å²) in [7, 11) is 0. The molecule has 0 fully saturated rings. The summed E-state index contributed by atoms with van der Waals surface area (Å²) < 4.78 is 5.50. The summed E-state index contributed by atoms with van der Waals surface area (Å²) in [5, 5.41) is 29.2. The fourth-order valence-electron chi connectivity index (χ4n) is 4.21. The van der Waals surface area contributed by atoms with Gasteiger partial charge in [0.2, 0.25) is 5.62 Å². The SMILES string of the molecule is N=c1n(Cc2cn(CCc3ccccc3)nn2)c2ccccc2n1CC(O)c1ccc(Cl)c(Cl)c1. The number of benzene rings is 3. The quantitative estimate of drug-likeness (QED) is 0.315. The van der Waals surface area contributed by atoms with E-state index in [0.717, 1.165) is 29.7 Å². The average Bonchev–Trinajstić information content (AvgIpc) is 3.43. The van der Waals surface area contributed by atoms with Crippen LogP contribution in [0.2, 0.25) is 10.0 Å². The normalized spacial score (nSPS) is 12.3. The number of para-hydroxylation sites is 2. The van der Waals surface area contributed by atoms with E-state index in [2.05, 4.69) is 22.4 Å². The molecule has 9 heteroatoms. The van der Waals surface area contributed by atoms with E-state index in [1.165, 1.54) is 5.56 Å². The summed E-state index contributed by atoms with van der Waals surface area (Å²) in [5.41, 5.74) is 4.67. The Morgan fingerprint density at radius 3 is 2.34 bits per heavy atom.